The van der Waals surface area contributed by atoms with Crippen LogP contribution in [0.25, 0.3) is 21.8 Å². The van der Waals surface area contributed by atoms with E-state index in [1.165, 1.54) is 21.8 Å². The average molecular weight is 237 g/mol. The van der Waals surface area contributed by atoms with Gasteiger partial charge in [-0.15, -0.1) is 0 Å². The quantitative estimate of drug-likeness (QED) is 0.726. The second-order valence-corrected chi connectivity index (χ2v) is 5.15. The van der Waals surface area contributed by atoms with Crippen molar-refractivity contribution in [2.45, 2.75) is 12.5 Å². The van der Waals surface area contributed by atoms with Crippen LogP contribution in [0.4, 0.5) is 0 Å². The molecule has 4 rings (SSSR count). The molecule has 0 bridgehead atoms. The number of aliphatic hydroxyl groups is 1. The molecule has 1 heterocycles. The minimum Gasteiger partial charge on any atom is -0.396 e. The first-order valence-corrected chi connectivity index (χ1v) is 6.48. The van der Waals surface area contributed by atoms with Gasteiger partial charge in [0.05, 0.1) is 0 Å². The Labute approximate surface area is 105 Å². The molecule has 1 fully saturated rings. The number of fused-ring (bicyclic) bond motifs is 3. The molecule has 1 aromatic heterocycles. The molecule has 2 aromatic carbocycles. The Kier molecular flexibility index (Phi) is 2.03. The van der Waals surface area contributed by atoms with E-state index in [9.17, 15) is 5.11 Å². The van der Waals surface area contributed by atoms with Crippen LogP contribution in [0.5, 0.6) is 0 Å². The summed E-state index contributed by atoms with van der Waals surface area (Å²) in [6.45, 7) is 0.297. The van der Waals surface area contributed by atoms with Gasteiger partial charge in [-0.25, -0.2) is 0 Å². The van der Waals surface area contributed by atoms with Crippen molar-refractivity contribution in [2.24, 2.45) is 5.92 Å². The zero-order chi connectivity index (χ0) is 12.1. The topological polar surface area (TPSA) is 25.2 Å². The Morgan fingerprint density at radius 2 is 1.50 bits per heavy atom. The first kappa shape index (κ1) is 10.2. The van der Waals surface area contributed by atoms with E-state index >= 15 is 0 Å². The normalized spacial score (nSPS) is 22.7. The van der Waals surface area contributed by atoms with Gasteiger partial charge in [-0.2, -0.15) is 0 Å². The highest BCUT2D eigenvalue weighted by atomic mass is 16.3. The molecular weight excluding hydrogens is 222 g/mol. The van der Waals surface area contributed by atoms with Crippen LogP contribution in [0.3, 0.4) is 0 Å². The zero-order valence-corrected chi connectivity index (χ0v) is 10.1. The highest BCUT2D eigenvalue weighted by Crippen LogP contribution is 2.47. The Bertz CT molecular complexity index is 675. The number of aromatic nitrogens is 1. The Balaban J connectivity index is 2.08. The van der Waals surface area contributed by atoms with E-state index in [1.54, 1.807) is 0 Å². The summed E-state index contributed by atoms with van der Waals surface area (Å²) < 4.78 is 2.41. The molecule has 1 N–H and O–H groups in total. The molecule has 0 spiro atoms. The minimum atomic E-state index is 0.297. The maximum atomic E-state index is 9.31. The Hall–Kier alpha value is -1.80. The van der Waals surface area contributed by atoms with Gasteiger partial charge in [0.2, 0.25) is 0 Å². The van der Waals surface area contributed by atoms with Gasteiger partial charge in [0, 0.05) is 40.4 Å². The molecule has 1 aliphatic rings. The lowest BCUT2D eigenvalue weighted by Gasteiger charge is -2.05. The second-order valence-electron chi connectivity index (χ2n) is 5.15. The van der Waals surface area contributed by atoms with Gasteiger partial charge in [-0.3, -0.25) is 0 Å². The van der Waals surface area contributed by atoms with E-state index in [0.717, 1.165) is 6.42 Å². The summed E-state index contributed by atoms with van der Waals surface area (Å²) >= 11 is 0. The van der Waals surface area contributed by atoms with Crippen LogP contribution < -0.4 is 0 Å². The third-order valence-electron chi connectivity index (χ3n) is 4.07. The molecule has 0 saturated heterocycles. The molecular formula is C16H15NO. The van der Waals surface area contributed by atoms with Crippen molar-refractivity contribution in [3.8, 4) is 0 Å². The fourth-order valence-corrected chi connectivity index (χ4v) is 3.05. The molecule has 0 aliphatic heterocycles. The number of para-hydroxylation sites is 2. The molecule has 0 amide bonds. The summed E-state index contributed by atoms with van der Waals surface area (Å²) in [7, 11) is 0. The van der Waals surface area contributed by atoms with Gasteiger partial charge in [0.25, 0.3) is 0 Å². The lowest BCUT2D eigenvalue weighted by atomic mass is 10.2. The monoisotopic (exact) mass is 237 g/mol. The lowest BCUT2D eigenvalue weighted by molar-refractivity contribution is 0.270. The van der Waals surface area contributed by atoms with E-state index in [1.807, 2.05) is 0 Å². The first-order chi connectivity index (χ1) is 8.90. The van der Waals surface area contributed by atoms with Gasteiger partial charge < -0.3 is 9.67 Å². The second kappa shape index (κ2) is 3.59. The first-order valence-electron chi connectivity index (χ1n) is 6.48. The summed E-state index contributed by atoms with van der Waals surface area (Å²) in [4.78, 5) is 0. The highest BCUT2D eigenvalue weighted by Gasteiger charge is 2.39. The van der Waals surface area contributed by atoms with Crippen LogP contribution in [0.1, 0.15) is 12.5 Å². The molecule has 90 valence electrons. The van der Waals surface area contributed by atoms with Crippen LogP contribution in [-0.4, -0.2) is 16.3 Å². The number of hydrogen-bond acceptors (Lipinski definition) is 1. The van der Waals surface area contributed by atoms with E-state index in [4.69, 9.17) is 0 Å². The lowest BCUT2D eigenvalue weighted by Crippen LogP contribution is -1.98. The molecule has 3 aromatic rings. The summed E-state index contributed by atoms with van der Waals surface area (Å²) in [6, 6.07) is 17.6. The molecule has 0 radical (unpaired) electrons. The van der Waals surface area contributed by atoms with Gasteiger partial charge in [-0.1, -0.05) is 36.4 Å². The predicted octanol–water partition coefficient (Wildman–Crippen LogP) is 3.35. The smallest absolute Gasteiger partial charge is 0.0494 e. The van der Waals surface area contributed by atoms with Crippen LogP contribution in [0.2, 0.25) is 0 Å². The van der Waals surface area contributed by atoms with Crippen molar-refractivity contribution in [1.29, 1.82) is 0 Å². The average Bonchev–Trinajstić information content (AvgIpc) is 3.13. The summed E-state index contributed by atoms with van der Waals surface area (Å²) in [5.74, 6) is 0.434. The number of benzene rings is 2. The van der Waals surface area contributed by atoms with Gasteiger partial charge >= 0.3 is 0 Å². The van der Waals surface area contributed by atoms with Crippen LogP contribution in [-0.2, 0) is 0 Å². The van der Waals surface area contributed by atoms with Crippen LogP contribution in [0, 0.1) is 5.92 Å². The van der Waals surface area contributed by atoms with Crippen molar-refractivity contribution in [3.05, 3.63) is 48.5 Å². The molecule has 2 nitrogen and oxygen atoms in total. The van der Waals surface area contributed by atoms with Crippen LogP contribution >= 0.6 is 0 Å². The summed E-state index contributed by atoms with van der Waals surface area (Å²) in [5, 5.41) is 11.9. The summed E-state index contributed by atoms with van der Waals surface area (Å²) in [6.07, 6.45) is 1.10. The number of hydrogen-bond donors (Lipinski definition) is 1. The van der Waals surface area contributed by atoms with E-state index < -0.39 is 0 Å². The molecule has 2 heteroatoms. The third-order valence-corrected chi connectivity index (χ3v) is 4.07. The van der Waals surface area contributed by atoms with Crippen molar-refractivity contribution in [2.75, 3.05) is 6.61 Å². The summed E-state index contributed by atoms with van der Waals surface area (Å²) in [5.41, 5.74) is 2.58. The van der Waals surface area contributed by atoms with Gasteiger partial charge in [0.1, 0.15) is 0 Å². The van der Waals surface area contributed by atoms with Gasteiger partial charge in [0.15, 0.2) is 0 Å². The fourth-order valence-electron chi connectivity index (χ4n) is 3.05. The van der Waals surface area contributed by atoms with Crippen LogP contribution in [0.15, 0.2) is 48.5 Å². The van der Waals surface area contributed by atoms with Crippen molar-refractivity contribution < 1.29 is 5.11 Å². The van der Waals surface area contributed by atoms with Crippen molar-refractivity contribution >= 4 is 21.8 Å². The zero-order valence-electron chi connectivity index (χ0n) is 10.1. The number of nitrogens with zero attached hydrogens (tertiary/aromatic N) is 1. The highest BCUT2D eigenvalue weighted by molar-refractivity contribution is 6.08. The third kappa shape index (κ3) is 1.27. The Morgan fingerprint density at radius 1 is 0.944 bits per heavy atom. The number of aliphatic hydroxyl groups excluding tert-OH is 1. The predicted molar refractivity (Wildman–Crippen MR) is 73.7 cm³/mol. The SMILES string of the molecule is OC[C@H]1C[C@@H]1n1c2ccccc2c2ccccc21. The molecule has 1 aliphatic carbocycles. The van der Waals surface area contributed by atoms with E-state index in [-0.39, 0.29) is 0 Å². The molecule has 2 atom stereocenters. The van der Waals surface area contributed by atoms with Crippen molar-refractivity contribution in [3.63, 3.8) is 0 Å². The maximum absolute atomic E-state index is 9.31. The van der Waals surface area contributed by atoms with Crippen molar-refractivity contribution in [1.82, 2.24) is 4.57 Å². The molecule has 1 saturated carbocycles. The largest absolute Gasteiger partial charge is 0.396 e. The fraction of sp³-hybridized carbons (Fsp3) is 0.250. The molecule has 0 unspecified atom stereocenters. The van der Waals surface area contributed by atoms with E-state index in [2.05, 4.69) is 53.1 Å². The number of rotatable bonds is 2. The standard InChI is InChI=1S/C16H15NO/c18-10-11-9-16(11)17-14-7-3-1-5-12(14)13-6-2-4-8-15(13)17/h1-8,11,16,18H,9-10H2/t11-,16+/m1/s1. The molecule has 18 heavy (non-hydrogen) atoms. The van der Waals surface area contributed by atoms with E-state index in [0.29, 0.717) is 18.6 Å². The maximum Gasteiger partial charge on any atom is 0.0494 e. The van der Waals surface area contributed by atoms with Gasteiger partial charge in [-0.05, 0) is 18.6 Å². The minimum absolute atomic E-state index is 0.297. The Morgan fingerprint density at radius 3 is 2.00 bits per heavy atom.